The number of nitrogens with zero attached hydrogens (tertiary/aromatic N) is 5. The Balaban J connectivity index is 1.45. The number of hydrogen-bond acceptors (Lipinski definition) is 6. The summed E-state index contributed by atoms with van der Waals surface area (Å²) in [6.45, 7) is 0.308. The Hall–Kier alpha value is -4.54. The molecule has 0 radical (unpaired) electrons. The number of halogens is 4. The van der Waals surface area contributed by atoms with Crippen LogP contribution in [0.5, 0.6) is 5.75 Å². The number of ether oxygens (including phenoxy) is 1. The number of benzene rings is 3. The lowest BCUT2D eigenvalue weighted by Crippen LogP contribution is -2.05. The molecule has 5 aromatic rings. The first-order chi connectivity index (χ1) is 17.3. The number of aromatic nitrogens is 5. The van der Waals surface area contributed by atoms with Crippen molar-refractivity contribution in [1.29, 1.82) is 0 Å². The van der Waals surface area contributed by atoms with Gasteiger partial charge in [0, 0.05) is 23.6 Å². The van der Waals surface area contributed by atoms with E-state index in [9.17, 15) is 13.2 Å². The van der Waals surface area contributed by atoms with Crippen molar-refractivity contribution in [2.75, 3.05) is 12.4 Å². The topological polar surface area (TPSA) is 77.8 Å². The van der Waals surface area contributed by atoms with Crippen molar-refractivity contribution in [3.05, 3.63) is 90.0 Å². The van der Waals surface area contributed by atoms with E-state index >= 15 is 4.39 Å². The average molecular weight is 494 g/mol. The van der Waals surface area contributed by atoms with E-state index in [4.69, 9.17) is 4.74 Å². The van der Waals surface area contributed by atoms with Crippen LogP contribution in [0.2, 0.25) is 0 Å². The van der Waals surface area contributed by atoms with E-state index in [0.29, 0.717) is 34.8 Å². The van der Waals surface area contributed by atoms with Gasteiger partial charge in [-0.3, -0.25) is 4.98 Å². The van der Waals surface area contributed by atoms with Gasteiger partial charge >= 0.3 is 6.18 Å². The van der Waals surface area contributed by atoms with Crippen LogP contribution in [-0.4, -0.2) is 32.1 Å². The maximum atomic E-state index is 15.3. The highest BCUT2D eigenvalue weighted by molar-refractivity contribution is 5.84. The number of rotatable bonds is 6. The molecule has 0 amide bonds. The van der Waals surface area contributed by atoms with Gasteiger partial charge in [0.05, 0.1) is 19.2 Å². The maximum Gasteiger partial charge on any atom is 0.416 e. The van der Waals surface area contributed by atoms with Gasteiger partial charge in [-0.25, -0.2) is 14.1 Å². The summed E-state index contributed by atoms with van der Waals surface area (Å²) in [4.78, 5) is 8.54. The van der Waals surface area contributed by atoms with Crippen molar-refractivity contribution in [3.63, 3.8) is 0 Å². The summed E-state index contributed by atoms with van der Waals surface area (Å²) in [5.41, 5.74) is 1.75. The van der Waals surface area contributed by atoms with E-state index in [2.05, 4.69) is 25.6 Å². The minimum Gasteiger partial charge on any atom is -0.497 e. The summed E-state index contributed by atoms with van der Waals surface area (Å²) in [5.74, 6) is 0.413. The SMILES string of the molecule is COc1ccc(Cn2nnc3cc(-c4nccnc4Nc4ccc(C(F)(F)F)cc4)cc(F)c32)cc1. The first-order valence-electron chi connectivity index (χ1n) is 10.7. The van der Waals surface area contributed by atoms with Crippen LogP contribution < -0.4 is 10.1 Å². The minimum atomic E-state index is -4.44. The van der Waals surface area contributed by atoms with Gasteiger partial charge in [-0.15, -0.1) is 5.10 Å². The second-order valence-corrected chi connectivity index (χ2v) is 7.87. The van der Waals surface area contributed by atoms with Gasteiger partial charge < -0.3 is 10.1 Å². The van der Waals surface area contributed by atoms with Gasteiger partial charge in [0.1, 0.15) is 22.5 Å². The fourth-order valence-electron chi connectivity index (χ4n) is 3.73. The van der Waals surface area contributed by atoms with Crippen LogP contribution in [0.4, 0.5) is 29.1 Å². The van der Waals surface area contributed by atoms with E-state index in [1.165, 1.54) is 35.3 Å². The summed E-state index contributed by atoms with van der Waals surface area (Å²) in [5, 5.41) is 11.2. The molecule has 182 valence electrons. The first-order valence-corrected chi connectivity index (χ1v) is 10.7. The van der Waals surface area contributed by atoms with Crippen LogP contribution in [0, 0.1) is 5.82 Å². The molecule has 0 aliphatic rings. The lowest BCUT2D eigenvalue weighted by molar-refractivity contribution is -0.137. The molecule has 0 fully saturated rings. The molecule has 1 N–H and O–H groups in total. The number of alkyl halides is 3. The molecular formula is C25H18F4N6O. The summed E-state index contributed by atoms with van der Waals surface area (Å²) in [6.07, 6.45) is -1.57. The van der Waals surface area contributed by atoms with Crippen molar-refractivity contribution in [2.24, 2.45) is 0 Å². The Kier molecular flexibility index (Phi) is 5.96. The van der Waals surface area contributed by atoms with Crippen molar-refractivity contribution in [2.45, 2.75) is 12.7 Å². The molecular weight excluding hydrogens is 476 g/mol. The zero-order valence-electron chi connectivity index (χ0n) is 18.8. The van der Waals surface area contributed by atoms with Gasteiger partial charge in [0.25, 0.3) is 0 Å². The summed E-state index contributed by atoms with van der Waals surface area (Å²) in [6, 6.07) is 14.8. The van der Waals surface area contributed by atoms with Crippen LogP contribution in [-0.2, 0) is 12.7 Å². The molecule has 7 nitrogen and oxygen atoms in total. The Morgan fingerprint density at radius 3 is 2.36 bits per heavy atom. The molecule has 0 saturated heterocycles. The second kappa shape index (κ2) is 9.25. The highest BCUT2D eigenvalue weighted by Gasteiger charge is 2.30. The predicted octanol–water partition coefficient (Wildman–Crippen LogP) is 5.85. The molecule has 0 atom stereocenters. The molecule has 0 aliphatic carbocycles. The third-order valence-corrected chi connectivity index (χ3v) is 5.50. The first kappa shape index (κ1) is 23.2. The smallest absolute Gasteiger partial charge is 0.416 e. The molecule has 2 heterocycles. The van der Waals surface area contributed by atoms with Crippen LogP contribution in [0.1, 0.15) is 11.1 Å². The van der Waals surface area contributed by atoms with Gasteiger partial charge in [0.15, 0.2) is 11.6 Å². The van der Waals surface area contributed by atoms with Crippen LogP contribution in [0.25, 0.3) is 22.3 Å². The van der Waals surface area contributed by atoms with Crippen LogP contribution >= 0.6 is 0 Å². The quantitative estimate of drug-likeness (QED) is 0.299. The fourth-order valence-corrected chi connectivity index (χ4v) is 3.73. The molecule has 3 aromatic carbocycles. The van der Waals surface area contributed by atoms with Gasteiger partial charge in [-0.1, -0.05) is 17.3 Å². The molecule has 0 saturated carbocycles. The summed E-state index contributed by atoms with van der Waals surface area (Å²) < 4.78 is 60.5. The number of nitrogens with one attached hydrogen (secondary N) is 1. The number of hydrogen-bond donors (Lipinski definition) is 1. The lowest BCUT2D eigenvalue weighted by atomic mass is 10.1. The average Bonchev–Trinajstić information content (AvgIpc) is 3.28. The summed E-state index contributed by atoms with van der Waals surface area (Å²) >= 11 is 0. The van der Waals surface area contributed by atoms with Crippen molar-refractivity contribution >= 4 is 22.5 Å². The summed E-state index contributed by atoms with van der Waals surface area (Å²) in [7, 11) is 1.58. The van der Waals surface area contributed by atoms with Crippen molar-refractivity contribution < 1.29 is 22.3 Å². The normalized spacial score (nSPS) is 11.6. The fraction of sp³-hybridized carbons (Fsp3) is 0.120. The van der Waals surface area contributed by atoms with E-state index in [-0.39, 0.29) is 11.3 Å². The van der Waals surface area contributed by atoms with Gasteiger partial charge in [-0.2, -0.15) is 13.2 Å². The third-order valence-electron chi connectivity index (χ3n) is 5.50. The monoisotopic (exact) mass is 494 g/mol. The Bertz CT molecular complexity index is 1520. The molecule has 0 unspecified atom stereocenters. The number of methoxy groups -OCH3 is 1. The molecule has 5 rings (SSSR count). The van der Waals surface area contributed by atoms with E-state index < -0.39 is 17.6 Å². The van der Waals surface area contributed by atoms with Crippen LogP contribution in [0.15, 0.2) is 73.1 Å². The predicted molar refractivity (Wildman–Crippen MR) is 125 cm³/mol. The standard InChI is InChI=1S/C25H18F4N6O/c1-36-19-8-2-15(3-9-19)14-35-23-20(26)12-16(13-21(23)33-34-35)22-24(31-11-10-30-22)32-18-6-4-17(5-7-18)25(27,28)29/h2-13H,14H2,1H3,(H,31,32). The van der Waals surface area contributed by atoms with Crippen LogP contribution in [0.3, 0.4) is 0 Å². The van der Waals surface area contributed by atoms with Gasteiger partial charge in [0.2, 0.25) is 0 Å². The van der Waals surface area contributed by atoms with Crippen molar-refractivity contribution in [1.82, 2.24) is 25.0 Å². The minimum absolute atomic E-state index is 0.232. The second-order valence-electron chi connectivity index (χ2n) is 7.87. The Morgan fingerprint density at radius 1 is 0.944 bits per heavy atom. The van der Waals surface area contributed by atoms with Crippen molar-refractivity contribution in [3.8, 4) is 17.0 Å². The lowest BCUT2D eigenvalue weighted by Gasteiger charge is -2.12. The third kappa shape index (κ3) is 4.67. The zero-order valence-corrected chi connectivity index (χ0v) is 18.8. The Labute approximate surface area is 202 Å². The molecule has 11 heteroatoms. The highest BCUT2D eigenvalue weighted by atomic mass is 19.4. The van der Waals surface area contributed by atoms with E-state index in [0.717, 1.165) is 17.7 Å². The van der Waals surface area contributed by atoms with E-state index in [1.54, 1.807) is 13.2 Å². The molecule has 36 heavy (non-hydrogen) atoms. The highest BCUT2D eigenvalue weighted by Crippen LogP contribution is 2.32. The molecule has 2 aromatic heterocycles. The number of fused-ring (bicyclic) bond motifs is 1. The molecule has 0 spiro atoms. The zero-order chi connectivity index (χ0) is 25.3. The van der Waals surface area contributed by atoms with E-state index in [1.807, 2.05) is 24.3 Å². The molecule has 0 aliphatic heterocycles. The Morgan fingerprint density at radius 2 is 1.67 bits per heavy atom. The maximum absolute atomic E-state index is 15.3. The molecule has 0 bridgehead atoms. The van der Waals surface area contributed by atoms with Gasteiger partial charge in [-0.05, 0) is 54.1 Å². The number of anilines is 2. The largest absolute Gasteiger partial charge is 0.497 e.